The topological polar surface area (TPSA) is 63.2 Å². The molecule has 1 unspecified atom stereocenters. The van der Waals surface area contributed by atoms with Crippen LogP contribution in [-0.4, -0.2) is 24.0 Å². The number of carbonyl (C=O) groups is 3. The maximum Gasteiger partial charge on any atom is 0.227 e. The van der Waals surface area contributed by atoms with Crippen LogP contribution in [0, 0.1) is 0 Å². The molecule has 1 aliphatic rings. The molecular weight excluding hydrogens is 338 g/mol. The Bertz CT molecular complexity index is 788. The second-order valence-electron chi connectivity index (χ2n) is 6.33. The fourth-order valence-electron chi connectivity index (χ4n) is 2.82. The molecule has 0 heterocycles. The van der Waals surface area contributed by atoms with Crippen molar-refractivity contribution in [2.75, 3.05) is 6.54 Å². The van der Waals surface area contributed by atoms with E-state index < -0.39 is 0 Å². The van der Waals surface area contributed by atoms with Crippen LogP contribution >= 0.6 is 11.6 Å². The van der Waals surface area contributed by atoms with Gasteiger partial charge in [-0.05, 0) is 51.8 Å². The number of halogens is 1. The first-order valence-corrected chi connectivity index (χ1v) is 8.61. The lowest BCUT2D eigenvalue weighted by Gasteiger charge is -2.19. The number of rotatable bonds is 5. The minimum Gasteiger partial charge on any atom is -0.355 e. The van der Waals surface area contributed by atoms with Gasteiger partial charge in [0.1, 0.15) is 0 Å². The van der Waals surface area contributed by atoms with Crippen LogP contribution in [0.4, 0.5) is 0 Å². The number of hydrogen-bond acceptors (Lipinski definition) is 3. The normalized spacial score (nSPS) is 16.4. The van der Waals surface area contributed by atoms with E-state index in [1.807, 2.05) is 19.1 Å². The van der Waals surface area contributed by atoms with Gasteiger partial charge in [0, 0.05) is 33.9 Å². The molecule has 0 saturated carbocycles. The molecule has 0 spiro atoms. The van der Waals surface area contributed by atoms with Crippen molar-refractivity contribution in [3.05, 3.63) is 57.1 Å². The Hall–Kier alpha value is -2.20. The SMILES string of the molecule is CC1=C(C)C(=O)C(CCNC(=O)C(C)c2ccc(Cl)cc2)=C(C)C1=O. The molecule has 1 aromatic rings. The van der Waals surface area contributed by atoms with Crippen LogP contribution in [0.15, 0.2) is 46.6 Å². The lowest BCUT2D eigenvalue weighted by atomic mass is 9.84. The van der Waals surface area contributed by atoms with Gasteiger partial charge in [-0.2, -0.15) is 0 Å². The summed E-state index contributed by atoms with van der Waals surface area (Å²) in [7, 11) is 0. The first-order valence-electron chi connectivity index (χ1n) is 8.23. The van der Waals surface area contributed by atoms with Gasteiger partial charge in [0.2, 0.25) is 5.91 Å². The van der Waals surface area contributed by atoms with Crippen LogP contribution in [0.2, 0.25) is 5.02 Å². The monoisotopic (exact) mass is 359 g/mol. The number of ketones is 2. The van der Waals surface area contributed by atoms with Crippen molar-refractivity contribution in [1.82, 2.24) is 5.32 Å². The smallest absolute Gasteiger partial charge is 0.227 e. The highest BCUT2D eigenvalue weighted by molar-refractivity contribution is 6.30. The molecule has 25 heavy (non-hydrogen) atoms. The average Bonchev–Trinajstić information content (AvgIpc) is 2.61. The Morgan fingerprint density at radius 2 is 1.56 bits per heavy atom. The Morgan fingerprint density at radius 3 is 2.16 bits per heavy atom. The number of hydrogen-bond donors (Lipinski definition) is 1. The second-order valence-corrected chi connectivity index (χ2v) is 6.76. The van der Waals surface area contributed by atoms with E-state index in [1.54, 1.807) is 32.9 Å². The number of allylic oxidation sites excluding steroid dienone is 3. The minimum atomic E-state index is -0.320. The Kier molecular flexibility index (Phi) is 5.96. The van der Waals surface area contributed by atoms with Gasteiger partial charge in [-0.1, -0.05) is 23.7 Å². The van der Waals surface area contributed by atoms with Gasteiger partial charge in [-0.15, -0.1) is 0 Å². The van der Waals surface area contributed by atoms with Crippen LogP contribution in [0.3, 0.4) is 0 Å². The molecule has 5 heteroatoms. The Balaban J connectivity index is 1.98. The summed E-state index contributed by atoms with van der Waals surface area (Å²) in [4.78, 5) is 36.8. The summed E-state index contributed by atoms with van der Waals surface area (Å²) >= 11 is 5.86. The van der Waals surface area contributed by atoms with Crippen LogP contribution in [0.1, 0.15) is 45.6 Å². The highest BCUT2D eigenvalue weighted by Gasteiger charge is 2.27. The number of carbonyl (C=O) groups excluding carboxylic acids is 3. The van der Waals surface area contributed by atoms with Gasteiger partial charge in [0.05, 0.1) is 5.92 Å². The maximum absolute atomic E-state index is 12.4. The van der Waals surface area contributed by atoms with E-state index in [-0.39, 0.29) is 23.4 Å². The molecule has 0 bridgehead atoms. The van der Waals surface area contributed by atoms with Crippen molar-refractivity contribution < 1.29 is 14.4 Å². The Labute approximate surface area is 152 Å². The first kappa shape index (κ1) is 19.1. The van der Waals surface area contributed by atoms with Crippen molar-refractivity contribution in [2.45, 2.75) is 40.0 Å². The predicted molar refractivity (Wildman–Crippen MR) is 98.6 cm³/mol. The third kappa shape index (κ3) is 4.07. The molecule has 132 valence electrons. The van der Waals surface area contributed by atoms with Crippen LogP contribution in [-0.2, 0) is 14.4 Å². The predicted octanol–water partition coefficient (Wildman–Crippen LogP) is 3.75. The van der Waals surface area contributed by atoms with E-state index >= 15 is 0 Å². The molecule has 1 amide bonds. The quantitative estimate of drug-likeness (QED) is 0.814. The van der Waals surface area contributed by atoms with E-state index in [0.29, 0.717) is 40.3 Å². The van der Waals surface area contributed by atoms with Crippen LogP contribution < -0.4 is 5.32 Å². The zero-order chi connectivity index (χ0) is 18.7. The molecule has 0 radical (unpaired) electrons. The summed E-state index contributed by atoms with van der Waals surface area (Å²) in [6, 6.07) is 7.14. The molecule has 0 aromatic heterocycles. The van der Waals surface area contributed by atoms with Gasteiger partial charge in [0.15, 0.2) is 11.6 Å². The molecular formula is C20H22ClNO3. The van der Waals surface area contributed by atoms with Gasteiger partial charge < -0.3 is 5.32 Å². The standard InChI is InChI=1S/C20H22ClNO3/c1-11-12(2)19(24)17(14(4)18(11)23)9-10-22-20(25)13(3)15-5-7-16(21)8-6-15/h5-8,13H,9-10H2,1-4H3,(H,22,25). The fraction of sp³-hybridized carbons (Fsp3) is 0.350. The molecule has 2 rings (SSSR count). The molecule has 1 aliphatic carbocycles. The summed E-state index contributed by atoms with van der Waals surface area (Å²) in [5, 5.41) is 3.46. The van der Waals surface area contributed by atoms with Crippen LogP contribution in [0.5, 0.6) is 0 Å². The number of amides is 1. The first-order chi connectivity index (χ1) is 11.7. The van der Waals surface area contributed by atoms with Crippen molar-refractivity contribution in [2.24, 2.45) is 0 Å². The third-order valence-corrected chi connectivity index (χ3v) is 5.00. The van der Waals surface area contributed by atoms with Crippen molar-refractivity contribution in [1.29, 1.82) is 0 Å². The number of benzene rings is 1. The highest BCUT2D eigenvalue weighted by atomic mass is 35.5. The molecule has 0 fully saturated rings. The number of nitrogens with one attached hydrogen (secondary N) is 1. The van der Waals surface area contributed by atoms with E-state index in [1.165, 1.54) is 0 Å². The number of Topliss-reactive ketones (excluding diaryl/α,β-unsaturated/α-hetero) is 2. The summed E-state index contributed by atoms with van der Waals surface area (Å²) in [5.41, 5.74) is 2.84. The van der Waals surface area contributed by atoms with E-state index in [0.717, 1.165) is 5.56 Å². The Morgan fingerprint density at radius 1 is 1.00 bits per heavy atom. The average molecular weight is 360 g/mol. The third-order valence-electron chi connectivity index (χ3n) is 4.75. The zero-order valence-corrected chi connectivity index (χ0v) is 15.7. The zero-order valence-electron chi connectivity index (χ0n) is 14.9. The summed E-state index contributed by atoms with van der Waals surface area (Å²) in [6.07, 6.45) is 0.347. The van der Waals surface area contributed by atoms with Gasteiger partial charge in [-0.3, -0.25) is 14.4 Å². The van der Waals surface area contributed by atoms with E-state index in [9.17, 15) is 14.4 Å². The van der Waals surface area contributed by atoms with Crippen molar-refractivity contribution >= 4 is 29.1 Å². The fourth-order valence-corrected chi connectivity index (χ4v) is 2.95. The molecule has 0 saturated heterocycles. The molecule has 1 aromatic carbocycles. The molecule has 1 N–H and O–H groups in total. The second kappa shape index (κ2) is 7.79. The molecule has 1 atom stereocenters. The van der Waals surface area contributed by atoms with E-state index in [4.69, 9.17) is 11.6 Å². The van der Waals surface area contributed by atoms with Crippen molar-refractivity contribution in [3.63, 3.8) is 0 Å². The lowest BCUT2D eigenvalue weighted by molar-refractivity contribution is -0.122. The van der Waals surface area contributed by atoms with E-state index in [2.05, 4.69) is 5.32 Å². The van der Waals surface area contributed by atoms with Crippen LogP contribution in [0.25, 0.3) is 0 Å². The van der Waals surface area contributed by atoms with Gasteiger partial charge in [-0.25, -0.2) is 0 Å². The lowest BCUT2D eigenvalue weighted by Crippen LogP contribution is -2.30. The maximum atomic E-state index is 12.4. The summed E-state index contributed by atoms with van der Waals surface area (Å²) < 4.78 is 0. The summed E-state index contributed by atoms with van der Waals surface area (Å²) in [5.74, 6) is -0.638. The van der Waals surface area contributed by atoms with Crippen molar-refractivity contribution in [3.8, 4) is 0 Å². The largest absolute Gasteiger partial charge is 0.355 e. The minimum absolute atomic E-state index is 0.0899. The molecule has 0 aliphatic heterocycles. The highest BCUT2D eigenvalue weighted by Crippen LogP contribution is 2.26. The summed E-state index contributed by atoms with van der Waals surface area (Å²) in [6.45, 7) is 7.14. The van der Waals surface area contributed by atoms with Gasteiger partial charge >= 0.3 is 0 Å². The molecule has 4 nitrogen and oxygen atoms in total. The van der Waals surface area contributed by atoms with Gasteiger partial charge in [0.25, 0.3) is 0 Å².